The Hall–Kier alpha value is -1.36. The van der Waals surface area contributed by atoms with Gasteiger partial charge in [-0.1, -0.05) is 0 Å². The summed E-state index contributed by atoms with van der Waals surface area (Å²) in [7, 11) is 4.26. The van der Waals surface area contributed by atoms with Crippen molar-refractivity contribution in [3.63, 3.8) is 0 Å². The fourth-order valence-electron chi connectivity index (χ4n) is 2.08. The zero-order valence-electron chi connectivity index (χ0n) is 9.93. The van der Waals surface area contributed by atoms with Gasteiger partial charge in [-0.3, -0.25) is 0 Å². The van der Waals surface area contributed by atoms with E-state index in [4.69, 9.17) is 5.73 Å². The molecule has 1 aliphatic heterocycles. The summed E-state index contributed by atoms with van der Waals surface area (Å²) in [5.41, 5.74) is 5.53. The van der Waals surface area contributed by atoms with Crippen LogP contribution in [0.5, 0.6) is 0 Å². The monoisotopic (exact) mass is 221 g/mol. The van der Waals surface area contributed by atoms with Gasteiger partial charge < -0.3 is 15.5 Å². The minimum absolute atomic E-state index is 0.477. The molecule has 2 heterocycles. The van der Waals surface area contributed by atoms with Gasteiger partial charge in [-0.15, -0.1) is 0 Å². The third-order valence-electron chi connectivity index (χ3n) is 3.11. The van der Waals surface area contributed by atoms with Gasteiger partial charge in [-0.05, 0) is 26.9 Å². The smallest absolute Gasteiger partial charge is 0.147 e. The number of nitrogen functional groups attached to an aromatic ring is 1. The average Bonchev–Trinajstić information content (AvgIpc) is 2.30. The number of nitrogens with two attached hydrogens (primary N) is 1. The quantitative estimate of drug-likeness (QED) is 0.792. The second-order valence-corrected chi connectivity index (χ2v) is 4.51. The van der Waals surface area contributed by atoms with Gasteiger partial charge >= 0.3 is 0 Å². The topological polar surface area (TPSA) is 58.3 Å². The van der Waals surface area contributed by atoms with Crippen LogP contribution in [0.1, 0.15) is 12.8 Å². The van der Waals surface area contributed by atoms with E-state index in [1.807, 2.05) is 0 Å². The van der Waals surface area contributed by atoms with E-state index in [0.717, 1.165) is 18.9 Å². The number of rotatable bonds is 2. The molecule has 0 amide bonds. The van der Waals surface area contributed by atoms with Gasteiger partial charge in [-0.25, -0.2) is 9.97 Å². The molecule has 0 radical (unpaired) electrons. The van der Waals surface area contributed by atoms with Crippen LogP contribution in [0.4, 0.5) is 11.6 Å². The van der Waals surface area contributed by atoms with Crippen molar-refractivity contribution in [1.29, 1.82) is 0 Å². The molecule has 2 N–H and O–H groups in total. The molecule has 5 heteroatoms. The van der Waals surface area contributed by atoms with Crippen molar-refractivity contribution in [1.82, 2.24) is 14.9 Å². The molecule has 1 fully saturated rings. The molecule has 0 aromatic carbocycles. The van der Waals surface area contributed by atoms with Gasteiger partial charge in [-0.2, -0.15) is 0 Å². The first-order chi connectivity index (χ1) is 7.66. The highest BCUT2D eigenvalue weighted by Gasteiger charge is 2.22. The van der Waals surface area contributed by atoms with Crippen LogP contribution in [-0.4, -0.2) is 48.1 Å². The van der Waals surface area contributed by atoms with E-state index in [0.29, 0.717) is 11.9 Å². The lowest BCUT2D eigenvalue weighted by atomic mass is 10.1. The summed E-state index contributed by atoms with van der Waals surface area (Å²) in [5.74, 6) is 1.41. The van der Waals surface area contributed by atoms with Gasteiger partial charge in [0, 0.05) is 19.1 Å². The maximum Gasteiger partial charge on any atom is 0.147 e. The van der Waals surface area contributed by atoms with Gasteiger partial charge in [0.1, 0.15) is 11.6 Å². The Morgan fingerprint density at radius 3 is 2.81 bits per heavy atom. The predicted octanol–water partition coefficient (Wildman–Crippen LogP) is 0.589. The highest BCUT2D eigenvalue weighted by molar-refractivity contribution is 5.40. The molecule has 1 unspecified atom stereocenters. The summed E-state index contributed by atoms with van der Waals surface area (Å²) in [6, 6.07) is 0.605. The second-order valence-electron chi connectivity index (χ2n) is 4.51. The molecule has 1 saturated heterocycles. The van der Waals surface area contributed by atoms with Gasteiger partial charge in [0.25, 0.3) is 0 Å². The molecule has 0 bridgehead atoms. The molecule has 88 valence electrons. The lowest BCUT2D eigenvalue weighted by molar-refractivity contribution is 0.257. The van der Waals surface area contributed by atoms with Crippen LogP contribution < -0.4 is 10.6 Å². The Morgan fingerprint density at radius 1 is 1.38 bits per heavy atom. The van der Waals surface area contributed by atoms with Gasteiger partial charge in [0.05, 0.1) is 12.4 Å². The number of hydrogen-bond donors (Lipinski definition) is 1. The second kappa shape index (κ2) is 4.65. The van der Waals surface area contributed by atoms with E-state index < -0.39 is 0 Å². The Kier molecular flexibility index (Phi) is 3.24. The first kappa shape index (κ1) is 11.1. The third kappa shape index (κ3) is 2.41. The van der Waals surface area contributed by atoms with Crippen molar-refractivity contribution >= 4 is 11.6 Å². The van der Waals surface area contributed by atoms with Crippen molar-refractivity contribution < 1.29 is 0 Å². The Morgan fingerprint density at radius 2 is 2.19 bits per heavy atom. The highest BCUT2D eigenvalue weighted by atomic mass is 15.2. The van der Waals surface area contributed by atoms with Crippen molar-refractivity contribution in [2.75, 3.05) is 37.8 Å². The minimum Gasteiger partial charge on any atom is -0.382 e. The van der Waals surface area contributed by atoms with Gasteiger partial charge in [0.2, 0.25) is 0 Å². The van der Waals surface area contributed by atoms with E-state index in [-0.39, 0.29) is 0 Å². The summed E-state index contributed by atoms with van der Waals surface area (Å²) in [5, 5.41) is 0. The average molecular weight is 221 g/mol. The summed E-state index contributed by atoms with van der Waals surface area (Å²) in [4.78, 5) is 13.0. The van der Waals surface area contributed by atoms with Crippen LogP contribution in [0.15, 0.2) is 12.4 Å². The Balaban J connectivity index is 2.06. The third-order valence-corrected chi connectivity index (χ3v) is 3.11. The SMILES string of the molecule is CN(C)C1CCCN(c2cnc(N)cn2)C1. The first-order valence-corrected chi connectivity index (χ1v) is 5.65. The summed E-state index contributed by atoms with van der Waals surface area (Å²) >= 11 is 0. The molecule has 1 aromatic heterocycles. The molecule has 0 saturated carbocycles. The van der Waals surface area contributed by atoms with Gasteiger partial charge in [0.15, 0.2) is 0 Å². The molecule has 1 atom stereocenters. The van der Waals surface area contributed by atoms with Crippen molar-refractivity contribution in [3.8, 4) is 0 Å². The largest absolute Gasteiger partial charge is 0.382 e. The molecular weight excluding hydrogens is 202 g/mol. The summed E-state index contributed by atoms with van der Waals surface area (Å²) in [6.07, 6.45) is 5.84. The lowest BCUT2D eigenvalue weighted by Gasteiger charge is -2.36. The van der Waals surface area contributed by atoms with Crippen LogP contribution in [-0.2, 0) is 0 Å². The minimum atomic E-state index is 0.477. The maximum atomic E-state index is 5.53. The number of piperidine rings is 1. The van der Waals surface area contributed by atoms with E-state index in [2.05, 4.69) is 33.9 Å². The number of aromatic nitrogens is 2. The summed E-state index contributed by atoms with van der Waals surface area (Å²) < 4.78 is 0. The van der Waals surface area contributed by atoms with Crippen LogP contribution in [0, 0.1) is 0 Å². The first-order valence-electron chi connectivity index (χ1n) is 5.65. The zero-order chi connectivity index (χ0) is 11.5. The standard InChI is InChI=1S/C11H19N5/c1-15(2)9-4-3-5-16(8-9)11-7-13-10(12)6-14-11/h6-7,9H,3-5,8H2,1-2H3,(H2,12,13). The van der Waals surface area contributed by atoms with E-state index in [1.54, 1.807) is 12.4 Å². The molecule has 16 heavy (non-hydrogen) atoms. The molecule has 1 aliphatic rings. The van der Waals surface area contributed by atoms with E-state index in [9.17, 15) is 0 Å². The molecular formula is C11H19N5. The maximum absolute atomic E-state index is 5.53. The fraction of sp³-hybridized carbons (Fsp3) is 0.636. The Bertz CT molecular complexity index is 335. The summed E-state index contributed by atoms with van der Waals surface area (Å²) in [6.45, 7) is 2.08. The molecule has 1 aromatic rings. The highest BCUT2D eigenvalue weighted by Crippen LogP contribution is 2.19. The Labute approximate surface area is 96.3 Å². The van der Waals surface area contributed by atoms with Crippen molar-refractivity contribution in [2.24, 2.45) is 0 Å². The van der Waals surface area contributed by atoms with Crippen LogP contribution in [0.2, 0.25) is 0 Å². The van der Waals surface area contributed by atoms with Crippen LogP contribution in [0.25, 0.3) is 0 Å². The molecule has 0 spiro atoms. The zero-order valence-corrected chi connectivity index (χ0v) is 9.93. The van der Waals surface area contributed by atoms with Crippen molar-refractivity contribution in [3.05, 3.63) is 12.4 Å². The number of nitrogens with zero attached hydrogens (tertiary/aromatic N) is 4. The van der Waals surface area contributed by atoms with Crippen molar-refractivity contribution in [2.45, 2.75) is 18.9 Å². The molecule has 0 aliphatic carbocycles. The predicted molar refractivity (Wildman–Crippen MR) is 65.4 cm³/mol. The fourth-order valence-corrected chi connectivity index (χ4v) is 2.08. The van der Waals surface area contributed by atoms with Crippen LogP contribution >= 0.6 is 0 Å². The van der Waals surface area contributed by atoms with Crippen LogP contribution in [0.3, 0.4) is 0 Å². The molecule has 5 nitrogen and oxygen atoms in total. The number of anilines is 2. The van der Waals surface area contributed by atoms with E-state index >= 15 is 0 Å². The lowest BCUT2D eigenvalue weighted by Crippen LogP contribution is -2.45. The molecule has 2 rings (SSSR count). The number of hydrogen-bond acceptors (Lipinski definition) is 5. The normalized spacial score (nSPS) is 21.4. The van der Waals surface area contributed by atoms with E-state index in [1.165, 1.54) is 12.8 Å². The number of likely N-dealkylation sites (N-methyl/N-ethyl adjacent to an activating group) is 1.